The van der Waals surface area contributed by atoms with Gasteiger partial charge in [-0.25, -0.2) is 0 Å². The lowest BCUT2D eigenvalue weighted by molar-refractivity contribution is -0.384. The lowest BCUT2D eigenvalue weighted by Gasteiger charge is -1.99. The number of nitro groups is 1. The van der Waals surface area contributed by atoms with E-state index in [1.807, 2.05) is 30.5 Å². The molecule has 0 aliphatic rings. The van der Waals surface area contributed by atoms with E-state index in [-0.39, 0.29) is 5.69 Å². The van der Waals surface area contributed by atoms with E-state index in [4.69, 9.17) is 0 Å². The molecule has 0 amide bonds. The van der Waals surface area contributed by atoms with Gasteiger partial charge < -0.3 is 4.98 Å². The van der Waals surface area contributed by atoms with Crippen LogP contribution in [0.2, 0.25) is 0 Å². The minimum Gasteiger partial charge on any atom is -0.361 e. The minimum absolute atomic E-state index is 0.0299. The van der Waals surface area contributed by atoms with Crippen LogP contribution in [0.25, 0.3) is 10.9 Å². The Hall–Kier alpha value is -3.15. The van der Waals surface area contributed by atoms with Gasteiger partial charge in [-0.1, -0.05) is 24.3 Å². The molecule has 0 bridgehead atoms. The van der Waals surface area contributed by atoms with E-state index in [0.29, 0.717) is 5.69 Å². The number of nitrogens with zero attached hydrogens (tertiary/aromatic N) is 2. The van der Waals surface area contributed by atoms with Crippen LogP contribution in [0.5, 0.6) is 0 Å². The zero-order chi connectivity index (χ0) is 14.7. The van der Waals surface area contributed by atoms with E-state index in [0.717, 1.165) is 16.5 Å². The van der Waals surface area contributed by atoms with Crippen molar-refractivity contribution in [3.05, 3.63) is 70.4 Å². The van der Waals surface area contributed by atoms with E-state index in [1.54, 1.807) is 18.3 Å². The number of benzene rings is 2. The molecule has 1 aromatic heterocycles. The maximum Gasteiger partial charge on any atom is 0.271 e. The van der Waals surface area contributed by atoms with Gasteiger partial charge in [0.1, 0.15) is 0 Å². The Kier molecular flexibility index (Phi) is 3.34. The molecule has 2 N–H and O–H groups in total. The highest BCUT2D eigenvalue weighted by Crippen LogP contribution is 2.18. The number of anilines is 1. The number of nitro benzene ring substituents is 1. The Labute approximate surface area is 120 Å². The van der Waals surface area contributed by atoms with Crippen molar-refractivity contribution in [3.8, 4) is 0 Å². The second kappa shape index (κ2) is 5.46. The average molecular weight is 280 g/mol. The highest BCUT2D eigenvalue weighted by Gasteiger charge is 2.04. The molecule has 0 atom stereocenters. The molecule has 21 heavy (non-hydrogen) atoms. The second-order valence-electron chi connectivity index (χ2n) is 4.47. The quantitative estimate of drug-likeness (QED) is 0.435. The maximum absolute atomic E-state index is 10.7. The predicted molar refractivity (Wildman–Crippen MR) is 82.6 cm³/mol. The molecule has 104 valence electrons. The number of para-hydroxylation sites is 1. The number of H-pyrrole nitrogens is 1. The predicted octanol–water partition coefficient (Wildman–Crippen LogP) is 3.52. The Morgan fingerprint density at radius 1 is 1.19 bits per heavy atom. The fourth-order valence-corrected chi connectivity index (χ4v) is 2.07. The Morgan fingerprint density at radius 2 is 2.05 bits per heavy atom. The number of hydrazone groups is 1. The molecule has 0 saturated carbocycles. The van der Waals surface area contributed by atoms with Gasteiger partial charge in [-0.2, -0.15) is 5.10 Å². The van der Waals surface area contributed by atoms with Crippen molar-refractivity contribution in [3.63, 3.8) is 0 Å². The fourth-order valence-electron chi connectivity index (χ4n) is 2.07. The first-order valence-electron chi connectivity index (χ1n) is 6.34. The summed E-state index contributed by atoms with van der Waals surface area (Å²) < 4.78 is 0. The van der Waals surface area contributed by atoms with Gasteiger partial charge in [-0.3, -0.25) is 15.5 Å². The van der Waals surface area contributed by atoms with E-state index in [2.05, 4.69) is 15.5 Å². The number of aromatic amines is 1. The number of hydrogen-bond acceptors (Lipinski definition) is 4. The highest BCUT2D eigenvalue weighted by molar-refractivity contribution is 5.99. The summed E-state index contributed by atoms with van der Waals surface area (Å²) >= 11 is 0. The van der Waals surface area contributed by atoms with Crippen LogP contribution >= 0.6 is 0 Å². The summed E-state index contributed by atoms with van der Waals surface area (Å²) in [6.45, 7) is 0. The molecule has 1 heterocycles. The molecule has 3 rings (SSSR count). The van der Waals surface area contributed by atoms with E-state index in [9.17, 15) is 10.1 Å². The molecule has 0 fully saturated rings. The lowest BCUT2D eigenvalue weighted by Crippen LogP contribution is -1.92. The van der Waals surface area contributed by atoms with Crippen molar-refractivity contribution in [2.24, 2.45) is 5.10 Å². The molecule has 0 saturated heterocycles. The fraction of sp³-hybridized carbons (Fsp3) is 0. The monoisotopic (exact) mass is 280 g/mol. The summed E-state index contributed by atoms with van der Waals surface area (Å²) in [5.74, 6) is 0. The van der Waals surface area contributed by atoms with Gasteiger partial charge >= 0.3 is 0 Å². The molecule has 0 aliphatic heterocycles. The molecular formula is C15H12N4O2. The second-order valence-corrected chi connectivity index (χ2v) is 4.47. The van der Waals surface area contributed by atoms with Crippen LogP contribution in [-0.4, -0.2) is 16.1 Å². The lowest BCUT2D eigenvalue weighted by atomic mass is 10.2. The molecule has 3 aromatic rings. The van der Waals surface area contributed by atoms with Gasteiger partial charge in [0.25, 0.3) is 5.69 Å². The summed E-state index contributed by atoms with van der Waals surface area (Å²) in [6, 6.07) is 14.1. The van der Waals surface area contributed by atoms with Crippen molar-refractivity contribution in [2.75, 3.05) is 5.43 Å². The summed E-state index contributed by atoms with van der Waals surface area (Å²) in [5.41, 5.74) is 5.38. The number of rotatable bonds is 4. The Balaban J connectivity index is 1.78. The third kappa shape index (κ3) is 2.74. The first-order chi connectivity index (χ1) is 10.2. The minimum atomic E-state index is -0.436. The van der Waals surface area contributed by atoms with Crippen molar-refractivity contribution in [2.45, 2.75) is 0 Å². The van der Waals surface area contributed by atoms with Crippen molar-refractivity contribution >= 4 is 28.5 Å². The summed E-state index contributed by atoms with van der Waals surface area (Å²) in [4.78, 5) is 13.4. The number of hydrogen-bond donors (Lipinski definition) is 2. The summed E-state index contributed by atoms with van der Waals surface area (Å²) in [6.07, 6.45) is 3.54. The van der Waals surface area contributed by atoms with Crippen LogP contribution in [-0.2, 0) is 0 Å². The maximum atomic E-state index is 10.7. The zero-order valence-electron chi connectivity index (χ0n) is 11.0. The Morgan fingerprint density at radius 3 is 2.90 bits per heavy atom. The molecule has 6 nitrogen and oxygen atoms in total. The third-order valence-electron chi connectivity index (χ3n) is 3.08. The topological polar surface area (TPSA) is 83.3 Å². The van der Waals surface area contributed by atoms with Crippen LogP contribution < -0.4 is 5.43 Å². The molecule has 0 aliphatic carbocycles. The van der Waals surface area contributed by atoms with E-state index >= 15 is 0 Å². The first-order valence-corrected chi connectivity index (χ1v) is 6.34. The number of fused-ring (bicyclic) bond motifs is 1. The summed E-state index contributed by atoms with van der Waals surface area (Å²) in [7, 11) is 0. The number of aromatic nitrogens is 1. The van der Waals surface area contributed by atoms with Crippen molar-refractivity contribution in [1.29, 1.82) is 0 Å². The number of non-ortho nitro benzene ring substituents is 1. The number of nitrogens with one attached hydrogen (secondary N) is 2. The van der Waals surface area contributed by atoms with Gasteiger partial charge in [0, 0.05) is 34.8 Å². The summed E-state index contributed by atoms with van der Waals surface area (Å²) in [5, 5.41) is 15.9. The van der Waals surface area contributed by atoms with Crippen LogP contribution in [0.1, 0.15) is 5.56 Å². The normalized spacial score (nSPS) is 11.0. The van der Waals surface area contributed by atoms with E-state index in [1.165, 1.54) is 12.1 Å². The zero-order valence-corrected chi connectivity index (χ0v) is 11.0. The van der Waals surface area contributed by atoms with Crippen LogP contribution in [0.15, 0.2) is 59.8 Å². The smallest absolute Gasteiger partial charge is 0.271 e. The van der Waals surface area contributed by atoms with Crippen LogP contribution in [0.3, 0.4) is 0 Å². The molecule has 2 aromatic carbocycles. The molecular weight excluding hydrogens is 268 g/mol. The van der Waals surface area contributed by atoms with Gasteiger partial charge in [-0.15, -0.1) is 0 Å². The van der Waals surface area contributed by atoms with E-state index < -0.39 is 4.92 Å². The molecule has 0 spiro atoms. The highest BCUT2D eigenvalue weighted by atomic mass is 16.6. The standard InChI is InChI=1S/C15H12N4O2/c20-19(21)13-5-3-4-12(8-13)18-17-10-11-9-16-15-7-2-1-6-14(11)15/h1-10,16,18H/b17-10+. The first kappa shape index (κ1) is 12.9. The van der Waals surface area contributed by atoms with Crippen molar-refractivity contribution < 1.29 is 4.92 Å². The molecule has 6 heteroatoms. The van der Waals surface area contributed by atoms with Crippen molar-refractivity contribution in [1.82, 2.24) is 4.98 Å². The largest absolute Gasteiger partial charge is 0.361 e. The molecule has 0 unspecified atom stereocenters. The molecule has 0 radical (unpaired) electrons. The van der Waals surface area contributed by atoms with Gasteiger partial charge in [0.2, 0.25) is 0 Å². The van der Waals surface area contributed by atoms with Gasteiger partial charge in [0.05, 0.1) is 16.8 Å². The third-order valence-corrected chi connectivity index (χ3v) is 3.08. The van der Waals surface area contributed by atoms with Gasteiger partial charge in [-0.05, 0) is 12.1 Å². The average Bonchev–Trinajstić information content (AvgIpc) is 2.91. The van der Waals surface area contributed by atoms with Crippen LogP contribution in [0.4, 0.5) is 11.4 Å². The van der Waals surface area contributed by atoms with Gasteiger partial charge in [0.15, 0.2) is 0 Å². The van der Waals surface area contributed by atoms with Crippen LogP contribution in [0, 0.1) is 10.1 Å². The Bertz CT molecular complexity index is 823. The SMILES string of the molecule is O=[N+]([O-])c1cccc(N/N=C/c2c[nH]c3ccccc23)c1.